The van der Waals surface area contributed by atoms with E-state index in [4.69, 9.17) is 4.74 Å². The number of rotatable bonds is 5. The van der Waals surface area contributed by atoms with E-state index in [1.807, 2.05) is 56.3 Å². The van der Waals surface area contributed by atoms with Gasteiger partial charge in [-0.15, -0.1) is 0 Å². The Kier molecular flexibility index (Phi) is 5.63. The number of ether oxygens (including phenoxy) is 1. The summed E-state index contributed by atoms with van der Waals surface area (Å²) in [6.07, 6.45) is -0.442. The lowest BCUT2D eigenvalue weighted by Gasteiger charge is -2.12. The Balaban J connectivity index is 1.88. The average molecular weight is 312 g/mol. The molecule has 0 aromatic heterocycles. The fraction of sp³-hybridized carbons (Fsp3) is 0.316. The van der Waals surface area contributed by atoms with Gasteiger partial charge in [0.1, 0.15) is 6.61 Å². The van der Waals surface area contributed by atoms with Crippen LogP contribution in [0.1, 0.15) is 30.5 Å². The van der Waals surface area contributed by atoms with E-state index in [2.05, 4.69) is 24.5 Å². The summed E-state index contributed by atoms with van der Waals surface area (Å²) in [4.78, 5) is 11.9. The maximum atomic E-state index is 11.9. The van der Waals surface area contributed by atoms with E-state index in [-0.39, 0.29) is 6.61 Å². The number of carbonyl (C=O) groups is 1. The molecule has 0 atom stereocenters. The maximum absolute atomic E-state index is 11.9. The van der Waals surface area contributed by atoms with E-state index < -0.39 is 6.09 Å². The van der Waals surface area contributed by atoms with Gasteiger partial charge in [-0.2, -0.15) is 0 Å². The van der Waals surface area contributed by atoms with Crippen LogP contribution in [0.3, 0.4) is 0 Å². The molecule has 2 rings (SSSR count). The smallest absolute Gasteiger partial charge is 0.411 e. The van der Waals surface area contributed by atoms with Crippen LogP contribution in [0, 0.1) is 13.8 Å². The fourth-order valence-electron chi connectivity index (χ4n) is 2.20. The summed E-state index contributed by atoms with van der Waals surface area (Å²) in [5.41, 5.74) is 4.90. The lowest BCUT2D eigenvalue weighted by Crippen LogP contribution is -2.14. The largest absolute Gasteiger partial charge is 0.444 e. The molecule has 0 aliphatic heterocycles. The third-order valence-electron chi connectivity index (χ3n) is 3.41. The Labute approximate surface area is 137 Å². The second-order valence-electron chi connectivity index (χ2n) is 6.02. The number of amides is 1. The predicted molar refractivity (Wildman–Crippen MR) is 94.9 cm³/mol. The molecule has 0 spiro atoms. The zero-order valence-electron chi connectivity index (χ0n) is 14.1. The molecule has 0 saturated heterocycles. The Bertz CT molecular complexity index is 664. The molecule has 2 N–H and O–H groups in total. The molecule has 0 aliphatic rings. The highest BCUT2D eigenvalue weighted by molar-refractivity contribution is 5.85. The maximum Gasteiger partial charge on any atom is 0.411 e. The van der Waals surface area contributed by atoms with Crippen molar-refractivity contribution >= 4 is 17.5 Å². The molecule has 4 heteroatoms. The molecule has 0 radical (unpaired) electrons. The first kappa shape index (κ1) is 16.9. The van der Waals surface area contributed by atoms with E-state index in [1.54, 1.807) is 0 Å². The van der Waals surface area contributed by atoms with Gasteiger partial charge in [-0.05, 0) is 62.6 Å². The first-order valence-corrected chi connectivity index (χ1v) is 7.80. The minimum absolute atomic E-state index is 0.249. The number of nitrogens with one attached hydrogen (secondary N) is 2. The normalized spacial score (nSPS) is 10.5. The summed E-state index contributed by atoms with van der Waals surface area (Å²) in [6.45, 7) is 8.38. The highest BCUT2D eigenvalue weighted by atomic mass is 16.5. The van der Waals surface area contributed by atoms with Crippen molar-refractivity contribution in [3.8, 4) is 0 Å². The highest BCUT2D eigenvalue weighted by Crippen LogP contribution is 2.17. The molecule has 0 bridgehead atoms. The van der Waals surface area contributed by atoms with Gasteiger partial charge in [0.15, 0.2) is 0 Å². The van der Waals surface area contributed by atoms with Crippen molar-refractivity contribution in [1.82, 2.24) is 0 Å². The molecule has 0 heterocycles. The van der Waals surface area contributed by atoms with E-state index in [0.717, 1.165) is 28.1 Å². The van der Waals surface area contributed by atoms with Crippen molar-refractivity contribution in [3.05, 3.63) is 59.2 Å². The first-order chi connectivity index (χ1) is 10.9. The van der Waals surface area contributed by atoms with Crippen LogP contribution in [-0.2, 0) is 11.3 Å². The average Bonchev–Trinajstić information content (AvgIpc) is 2.50. The van der Waals surface area contributed by atoms with Crippen molar-refractivity contribution in [2.24, 2.45) is 0 Å². The van der Waals surface area contributed by atoms with E-state index in [9.17, 15) is 4.79 Å². The molecular formula is C19H24N2O2. The molecule has 0 saturated carbocycles. The van der Waals surface area contributed by atoms with Gasteiger partial charge in [-0.3, -0.25) is 5.32 Å². The van der Waals surface area contributed by atoms with Crippen LogP contribution in [0.2, 0.25) is 0 Å². The molecule has 0 fully saturated rings. The molecule has 0 aliphatic carbocycles. The van der Waals surface area contributed by atoms with Gasteiger partial charge in [0.25, 0.3) is 0 Å². The fourth-order valence-corrected chi connectivity index (χ4v) is 2.20. The lowest BCUT2D eigenvalue weighted by molar-refractivity contribution is 0.155. The summed E-state index contributed by atoms with van der Waals surface area (Å²) < 4.78 is 5.28. The van der Waals surface area contributed by atoms with Crippen LogP contribution in [0.4, 0.5) is 16.2 Å². The monoisotopic (exact) mass is 312 g/mol. The van der Waals surface area contributed by atoms with Crippen molar-refractivity contribution < 1.29 is 9.53 Å². The van der Waals surface area contributed by atoms with Crippen LogP contribution >= 0.6 is 0 Å². The van der Waals surface area contributed by atoms with Crippen molar-refractivity contribution in [2.75, 3.05) is 10.6 Å². The van der Waals surface area contributed by atoms with Gasteiger partial charge in [0, 0.05) is 17.4 Å². The van der Waals surface area contributed by atoms with Gasteiger partial charge in [0.2, 0.25) is 0 Å². The minimum atomic E-state index is -0.442. The van der Waals surface area contributed by atoms with E-state index in [0.29, 0.717) is 6.04 Å². The zero-order valence-corrected chi connectivity index (χ0v) is 14.1. The standard InChI is InChI=1S/C19H24N2O2/c1-13(2)20-17-9-7-16(8-10-17)12-23-19(22)21-18-11-14(3)5-6-15(18)4/h5-11,13,20H,12H2,1-4H3,(H,21,22). The molecular weight excluding hydrogens is 288 g/mol. The Morgan fingerprint density at radius 3 is 2.43 bits per heavy atom. The van der Waals surface area contributed by atoms with E-state index in [1.165, 1.54) is 0 Å². The van der Waals surface area contributed by atoms with Crippen LogP contribution < -0.4 is 10.6 Å². The summed E-state index contributed by atoms with van der Waals surface area (Å²) in [5, 5.41) is 6.11. The minimum Gasteiger partial charge on any atom is -0.444 e. The second kappa shape index (κ2) is 7.68. The number of aryl methyl sites for hydroxylation is 2. The molecule has 2 aromatic rings. The van der Waals surface area contributed by atoms with Gasteiger partial charge in [-0.25, -0.2) is 4.79 Å². The third-order valence-corrected chi connectivity index (χ3v) is 3.41. The first-order valence-electron chi connectivity index (χ1n) is 7.80. The number of anilines is 2. The van der Waals surface area contributed by atoms with Crippen molar-refractivity contribution in [2.45, 2.75) is 40.3 Å². The Morgan fingerprint density at radius 1 is 1.09 bits per heavy atom. The number of hydrogen-bond donors (Lipinski definition) is 2. The summed E-state index contributed by atoms with van der Waals surface area (Å²) >= 11 is 0. The summed E-state index contributed by atoms with van der Waals surface area (Å²) in [6, 6.07) is 14.2. The topological polar surface area (TPSA) is 50.4 Å². The molecule has 23 heavy (non-hydrogen) atoms. The predicted octanol–water partition coefficient (Wildman–Crippen LogP) is 4.87. The van der Waals surface area contributed by atoms with Crippen LogP contribution in [0.5, 0.6) is 0 Å². The van der Waals surface area contributed by atoms with Crippen LogP contribution in [0.25, 0.3) is 0 Å². The molecule has 2 aromatic carbocycles. The lowest BCUT2D eigenvalue weighted by atomic mass is 10.1. The molecule has 1 amide bonds. The summed E-state index contributed by atoms with van der Waals surface area (Å²) in [5.74, 6) is 0. The van der Waals surface area contributed by atoms with Crippen molar-refractivity contribution in [3.63, 3.8) is 0 Å². The zero-order chi connectivity index (χ0) is 16.8. The SMILES string of the molecule is Cc1ccc(C)c(NC(=O)OCc2ccc(NC(C)C)cc2)c1. The van der Waals surface area contributed by atoms with Crippen molar-refractivity contribution in [1.29, 1.82) is 0 Å². The van der Waals surface area contributed by atoms with E-state index >= 15 is 0 Å². The number of hydrogen-bond acceptors (Lipinski definition) is 3. The summed E-state index contributed by atoms with van der Waals surface area (Å²) in [7, 11) is 0. The second-order valence-corrected chi connectivity index (χ2v) is 6.02. The molecule has 122 valence electrons. The quantitative estimate of drug-likeness (QED) is 0.828. The van der Waals surface area contributed by atoms with Gasteiger partial charge >= 0.3 is 6.09 Å². The van der Waals surface area contributed by atoms with Crippen LogP contribution in [0.15, 0.2) is 42.5 Å². The van der Waals surface area contributed by atoms with Gasteiger partial charge in [-0.1, -0.05) is 24.3 Å². The van der Waals surface area contributed by atoms with Gasteiger partial charge in [0.05, 0.1) is 0 Å². The number of benzene rings is 2. The Morgan fingerprint density at radius 2 is 1.78 bits per heavy atom. The highest BCUT2D eigenvalue weighted by Gasteiger charge is 2.06. The van der Waals surface area contributed by atoms with Gasteiger partial charge < -0.3 is 10.1 Å². The number of carbonyl (C=O) groups excluding carboxylic acids is 1. The van der Waals surface area contributed by atoms with Crippen LogP contribution in [-0.4, -0.2) is 12.1 Å². The third kappa shape index (κ3) is 5.33. The molecule has 0 unspecified atom stereocenters. The molecule has 4 nitrogen and oxygen atoms in total. The Hall–Kier alpha value is -2.49.